The van der Waals surface area contributed by atoms with E-state index in [4.69, 9.17) is 9.15 Å². The van der Waals surface area contributed by atoms with E-state index in [0.717, 1.165) is 17.1 Å². The molecule has 0 radical (unpaired) electrons. The summed E-state index contributed by atoms with van der Waals surface area (Å²) in [5.41, 5.74) is 3.29. The molecule has 0 aliphatic heterocycles. The number of aromatic nitrogens is 1. The van der Waals surface area contributed by atoms with E-state index in [2.05, 4.69) is 0 Å². The van der Waals surface area contributed by atoms with Crippen LogP contribution in [0, 0.1) is 13.8 Å². The van der Waals surface area contributed by atoms with Crippen molar-refractivity contribution in [2.24, 2.45) is 0 Å². The van der Waals surface area contributed by atoms with E-state index in [1.54, 1.807) is 6.07 Å². The summed E-state index contributed by atoms with van der Waals surface area (Å²) in [5.74, 6) is -0.812. The van der Waals surface area contributed by atoms with Crippen LogP contribution in [0.2, 0.25) is 0 Å². The number of ketones is 1. The summed E-state index contributed by atoms with van der Waals surface area (Å²) in [7, 11) is 0. The van der Waals surface area contributed by atoms with Crippen LogP contribution in [0.15, 0.2) is 59.2 Å². The van der Waals surface area contributed by atoms with Crippen LogP contribution < -0.4 is 0 Å². The fourth-order valence-electron chi connectivity index (χ4n) is 2.69. The van der Waals surface area contributed by atoms with Crippen molar-refractivity contribution >= 4 is 11.8 Å². The zero-order chi connectivity index (χ0) is 17.1. The Hall–Kier alpha value is -3.08. The summed E-state index contributed by atoms with van der Waals surface area (Å²) < 4.78 is 12.0. The van der Waals surface area contributed by atoms with Gasteiger partial charge in [0.05, 0.1) is 6.26 Å². The van der Waals surface area contributed by atoms with E-state index in [9.17, 15) is 9.59 Å². The Morgan fingerprint density at radius 1 is 1.08 bits per heavy atom. The van der Waals surface area contributed by atoms with Crippen molar-refractivity contribution in [2.75, 3.05) is 6.61 Å². The lowest BCUT2D eigenvalue weighted by atomic mass is 10.1. The van der Waals surface area contributed by atoms with Gasteiger partial charge in [-0.1, -0.05) is 18.2 Å². The number of hydrogen-bond acceptors (Lipinski definition) is 4. The Bertz CT molecular complexity index is 860. The lowest BCUT2D eigenvalue weighted by Crippen LogP contribution is -2.14. The zero-order valence-corrected chi connectivity index (χ0v) is 13.5. The Morgan fingerprint density at radius 2 is 1.83 bits per heavy atom. The molecule has 0 spiro atoms. The van der Waals surface area contributed by atoms with Gasteiger partial charge in [0.1, 0.15) is 0 Å². The molecule has 5 nitrogen and oxygen atoms in total. The molecule has 0 atom stereocenters. The second kappa shape index (κ2) is 6.58. The fraction of sp³-hybridized carbons (Fsp3) is 0.158. The highest BCUT2D eigenvalue weighted by atomic mass is 16.5. The zero-order valence-electron chi connectivity index (χ0n) is 13.5. The fourth-order valence-corrected chi connectivity index (χ4v) is 2.69. The van der Waals surface area contributed by atoms with Crippen molar-refractivity contribution in [3.05, 3.63) is 77.5 Å². The molecule has 0 aliphatic carbocycles. The van der Waals surface area contributed by atoms with Gasteiger partial charge in [-0.15, -0.1) is 0 Å². The number of hydrogen-bond donors (Lipinski definition) is 0. The summed E-state index contributed by atoms with van der Waals surface area (Å²) in [6, 6.07) is 14.7. The van der Waals surface area contributed by atoms with Gasteiger partial charge in [-0.05, 0) is 44.2 Å². The third-order valence-electron chi connectivity index (χ3n) is 3.80. The summed E-state index contributed by atoms with van der Waals surface area (Å²) >= 11 is 0. The predicted molar refractivity (Wildman–Crippen MR) is 88.6 cm³/mol. The molecule has 0 amide bonds. The van der Waals surface area contributed by atoms with Crippen LogP contribution in [-0.2, 0) is 4.74 Å². The first-order valence-corrected chi connectivity index (χ1v) is 7.56. The van der Waals surface area contributed by atoms with E-state index < -0.39 is 5.97 Å². The number of Topliss-reactive ketones (excluding diaryl/α,β-unsaturated/α-hetero) is 1. The van der Waals surface area contributed by atoms with Crippen molar-refractivity contribution in [1.29, 1.82) is 0 Å². The highest BCUT2D eigenvalue weighted by Crippen LogP contribution is 2.21. The number of rotatable bonds is 5. The van der Waals surface area contributed by atoms with Gasteiger partial charge in [-0.3, -0.25) is 4.79 Å². The van der Waals surface area contributed by atoms with Gasteiger partial charge in [0, 0.05) is 22.6 Å². The van der Waals surface area contributed by atoms with Crippen molar-refractivity contribution in [1.82, 2.24) is 4.57 Å². The minimum Gasteiger partial charge on any atom is -0.457 e. The number of carbonyl (C=O) groups is 2. The van der Waals surface area contributed by atoms with E-state index in [-0.39, 0.29) is 18.2 Å². The Labute approximate surface area is 139 Å². The van der Waals surface area contributed by atoms with Gasteiger partial charge in [0.15, 0.2) is 6.61 Å². The van der Waals surface area contributed by atoms with Gasteiger partial charge in [-0.25, -0.2) is 4.79 Å². The maximum atomic E-state index is 12.4. The second-order valence-electron chi connectivity index (χ2n) is 5.43. The summed E-state index contributed by atoms with van der Waals surface area (Å²) in [5, 5.41) is 0. The van der Waals surface area contributed by atoms with Crippen LogP contribution in [0.3, 0.4) is 0 Å². The van der Waals surface area contributed by atoms with Crippen LogP contribution in [-0.4, -0.2) is 22.9 Å². The Balaban J connectivity index is 1.78. The molecule has 0 bridgehead atoms. The molecule has 24 heavy (non-hydrogen) atoms. The van der Waals surface area contributed by atoms with Crippen LogP contribution >= 0.6 is 0 Å². The summed E-state index contributed by atoms with van der Waals surface area (Å²) in [6.45, 7) is 3.49. The van der Waals surface area contributed by atoms with Crippen molar-refractivity contribution in [2.45, 2.75) is 13.8 Å². The van der Waals surface area contributed by atoms with Crippen LogP contribution in [0.25, 0.3) is 5.69 Å². The van der Waals surface area contributed by atoms with E-state index in [1.807, 2.05) is 54.8 Å². The molecule has 2 heterocycles. The van der Waals surface area contributed by atoms with E-state index in [1.165, 1.54) is 12.3 Å². The molecule has 0 saturated heterocycles. The number of aryl methyl sites for hydroxylation is 1. The molecule has 5 heteroatoms. The van der Waals surface area contributed by atoms with Crippen LogP contribution in [0.1, 0.15) is 32.3 Å². The molecule has 1 aromatic carbocycles. The van der Waals surface area contributed by atoms with Crippen LogP contribution in [0.5, 0.6) is 0 Å². The maximum Gasteiger partial charge on any atom is 0.374 e. The summed E-state index contributed by atoms with van der Waals surface area (Å²) in [6.07, 6.45) is 1.38. The smallest absolute Gasteiger partial charge is 0.374 e. The number of benzene rings is 1. The van der Waals surface area contributed by atoms with Gasteiger partial charge in [0.25, 0.3) is 0 Å². The molecule has 0 N–H and O–H groups in total. The number of carbonyl (C=O) groups excluding carboxylic acids is 2. The molecule has 0 fully saturated rings. The SMILES string of the molecule is Cc1cc(C(=O)COC(=O)c2ccco2)c(C)n1-c1ccccc1. The minimum absolute atomic E-state index is 0.0811. The highest BCUT2D eigenvalue weighted by molar-refractivity contribution is 6.00. The normalized spacial score (nSPS) is 10.6. The first kappa shape index (κ1) is 15.8. The number of para-hydroxylation sites is 1. The minimum atomic E-state index is -0.648. The molecule has 2 aromatic heterocycles. The Kier molecular flexibility index (Phi) is 4.33. The first-order valence-electron chi connectivity index (χ1n) is 7.56. The summed E-state index contributed by atoms with van der Waals surface area (Å²) in [4.78, 5) is 24.2. The van der Waals surface area contributed by atoms with Gasteiger partial charge < -0.3 is 13.7 Å². The lowest BCUT2D eigenvalue weighted by molar-refractivity contribution is 0.0444. The molecule has 0 saturated carbocycles. The number of ether oxygens (including phenoxy) is 1. The number of esters is 1. The molecule has 122 valence electrons. The highest BCUT2D eigenvalue weighted by Gasteiger charge is 2.19. The topological polar surface area (TPSA) is 61.4 Å². The third kappa shape index (κ3) is 3.01. The van der Waals surface area contributed by atoms with Crippen molar-refractivity contribution < 1.29 is 18.7 Å². The average Bonchev–Trinajstić information content (AvgIpc) is 3.21. The predicted octanol–water partition coefficient (Wildman–Crippen LogP) is 3.73. The molecule has 0 unspecified atom stereocenters. The van der Waals surface area contributed by atoms with Crippen molar-refractivity contribution in [3.8, 4) is 5.69 Å². The largest absolute Gasteiger partial charge is 0.457 e. The van der Waals surface area contributed by atoms with Gasteiger partial charge in [-0.2, -0.15) is 0 Å². The Morgan fingerprint density at radius 3 is 2.50 bits per heavy atom. The van der Waals surface area contributed by atoms with E-state index in [0.29, 0.717) is 5.56 Å². The molecule has 3 rings (SSSR count). The molecule has 3 aromatic rings. The molecular weight excluding hydrogens is 306 g/mol. The van der Waals surface area contributed by atoms with Crippen LogP contribution in [0.4, 0.5) is 0 Å². The van der Waals surface area contributed by atoms with E-state index >= 15 is 0 Å². The number of nitrogens with zero attached hydrogens (tertiary/aromatic N) is 1. The quantitative estimate of drug-likeness (QED) is 0.530. The third-order valence-corrected chi connectivity index (χ3v) is 3.80. The van der Waals surface area contributed by atoms with Gasteiger partial charge >= 0.3 is 5.97 Å². The monoisotopic (exact) mass is 323 g/mol. The lowest BCUT2D eigenvalue weighted by Gasteiger charge is -2.09. The molecular formula is C19H17NO4. The average molecular weight is 323 g/mol. The molecule has 0 aliphatic rings. The van der Waals surface area contributed by atoms with Gasteiger partial charge in [0.2, 0.25) is 11.5 Å². The maximum absolute atomic E-state index is 12.4. The number of furan rings is 1. The van der Waals surface area contributed by atoms with Crippen molar-refractivity contribution in [3.63, 3.8) is 0 Å². The standard InChI is InChI=1S/C19H17NO4/c1-13-11-16(14(2)20(13)15-7-4-3-5-8-15)17(21)12-24-19(22)18-9-6-10-23-18/h3-11H,12H2,1-2H3. The second-order valence-corrected chi connectivity index (χ2v) is 5.43. The first-order chi connectivity index (χ1) is 11.6.